The standard InChI is InChI=1S/C18H27F7O7S/c1-11(2)9-13(15(4,27)17(21,22)23)32-14(26)12(3)10-31-8-6-5-7-16(19,20)18(24,25)33(28,29)30/h11,13,27H,3,5-10H2,1-2,4H3,(H,28,29,30). The quantitative estimate of drug-likeness (QED) is 0.117. The average Bonchev–Trinajstić information content (AvgIpc) is 2.61. The zero-order valence-corrected chi connectivity index (χ0v) is 18.9. The predicted octanol–water partition coefficient (Wildman–Crippen LogP) is 4.12. The average molecular weight is 520 g/mol. The number of hydrogen-bond acceptors (Lipinski definition) is 6. The van der Waals surface area contributed by atoms with Crippen molar-refractivity contribution < 1.29 is 63.1 Å². The molecule has 196 valence electrons. The molecular weight excluding hydrogens is 493 g/mol. The molecule has 0 radical (unpaired) electrons. The highest BCUT2D eigenvalue weighted by Gasteiger charge is 2.64. The van der Waals surface area contributed by atoms with Crippen LogP contribution in [0.5, 0.6) is 0 Å². The van der Waals surface area contributed by atoms with Crippen LogP contribution in [0.1, 0.15) is 46.5 Å². The van der Waals surface area contributed by atoms with E-state index < -0.39 is 70.2 Å². The SMILES string of the molecule is C=C(COCCCCC(F)(F)C(F)(F)S(=O)(=O)O)C(=O)OC(CC(C)C)C(C)(O)C(F)(F)F. The summed E-state index contributed by atoms with van der Waals surface area (Å²) in [5, 5.41) is 4.13. The molecule has 0 aromatic rings. The zero-order valence-electron chi connectivity index (χ0n) is 18.1. The van der Waals surface area contributed by atoms with Crippen LogP contribution in [0, 0.1) is 5.92 Å². The van der Waals surface area contributed by atoms with Gasteiger partial charge in [-0.15, -0.1) is 0 Å². The molecule has 7 nitrogen and oxygen atoms in total. The fourth-order valence-corrected chi connectivity index (χ4v) is 2.83. The van der Waals surface area contributed by atoms with Crippen molar-refractivity contribution in [2.24, 2.45) is 5.92 Å². The Kier molecular flexibility index (Phi) is 10.8. The first kappa shape index (κ1) is 31.6. The molecule has 0 amide bonds. The summed E-state index contributed by atoms with van der Waals surface area (Å²) in [6, 6.07) is 0. The van der Waals surface area contributed by atoms with E-state index in [1.54, 1.807) is 13.8 Å². The van der Waals surface area contributed by atoms with E-state index in [1.165, 1.54) is 0 Å². The maximum atomic E-state index is 13.3. The van der Waals surface area contributed by atoms with Crippen LogP contribution in [0.3, 0.4) is 0 Å². The van der Waals surface area contributed by atoms with E-state index in [9.17, 15) is 49.1 Å². The molecule has 33 heavy (non-hydrogen) atoms. The molecule has 15 heteroatoms. The minimum Gasteiger partial charge on any atom is -0.456 e. The van der Waals surface area contributed by atoms with Gasteiger partial charge in [-0.2, -0.15) is 39.2 Å². The summed E-state index contributed by atoms with van der Waals surface area (Å²) in [7, 11) is -6.33. The molecule has 0 aromatic heterocycles. The van der Waals surface area contributed by atoms with Crippen LogP contribution in [0.4, 0.5) is 30.7 Å². The highest BCUT2D eigenvalue weighted by Crippen LogP contribution is 2.41. The Labute approximate surface area is 186 Å². The summed E-state index contributed by atoms with van der Waals surface area (Å²) >= 11 is 0. The molecule has 2 atom stereocenters. The van der Waals surface area contributed by atoms with E-state index in [1.807, 2.05) is 0 Å². The Hall–Kier alpha value is -1.45. The fourth-order valence-electron chi connectivity index (χ4n) is 2.36. The lowest BCUT2D eigenvalue weighted by molar-refractivity contribution is -0.286. The number of carbonyl (C=O) groups excluding carboxylic acids is 1. The first-order chi connectivity index (χ1) is 14.6. The van der Waals surface area contributed by atoms with Crippen LogP contribution in [-0.2, 0) is 24.4 Å². The van der Waals surface area contributed by atoms with Crippen molar-refractivity contribution in [2.45, 2.75) is 75.5 Å². The first-order valence-electron chi connectivity index (χ1n) is 9.56. The second kappa shape index (κ2) is 11.3. The summed E-state index contributed by atoms with van der Waals surface area (Å²) in [5.41, 5.74) is -3.80. The highest BCUT2D eigenvalue weighted by molar-refractivity contribution is 7.87. The van der Waals surface area contributed by atoms with Crippen LogP contribution in [-0.4, -0.2) is 66.3 Å². The second-order valence-corrected chi connectivity index (χ2v) is 9.44. The summed E-state index contributed by atoms with van der Waals surface area (Å²) in [4.78, 5) is 12.0. The zero-order chi connectivity index (χ0) is 26.5. The van der Waals surface area contributed by atoms with Gasteiger partial charge in [0.2, 0.25) is 0 Å². The van der Waals surface area contributed by atoms with E-state index in [-0.39, 0.29) is 25.4 Å². The Morgan fingerprint density at radius 3 is 2.00 bits per heavy atom. The van der Waals surface area contributed by atoms with Crippen LogP contribution in [0.25, 0.3) is 0 Å². The summed E-state index contributed by atoms with van der Waals surface area (Å²) < 4.78 is 131. The van der Waals surface area contributed by atoms with Gasteiger partial charge in [-0.1, -0.05) is 20.4 Å². The third-order valence-electron chi connectivity index (χ3n) is 4.48. The Morgan fingerprint density at radius 2 is 1.58 bits per heavy atom. The van der Waals surface area contributed by atoms with Crippen molar-refractivity contribution in [3.8, 4) is 0 Å². The number of carbonyl (C=O) groups is 1. The lowest BCUT2D eigenvalue weighted by Gasteiger charge is -2.35. The van der Waals surface area contributed by atoms with E-state index in [0.29, 0.717) is 6.92 Å². The maximum Gasteiger partial charge on any atom is 0.431 e. The molecule has 0 bridgehead atoms. The van der Waals surface area contributed by atoms with E-state index in [2.05, 4.69) is 6.58 Å². The van der Waals surface area contributed by atoms with Gasteiger partial charge < -0.3 is 14.6 Å². The molecule has 0 rings (SSSR count). The van der Waals surface area contributed by atoms with Crippen molar-refractivity contribution in [3.63, 3.8) is 0 Å². The smallest absolute Gasteiger partial charge is 0.431 e. The third-order valence-corrected chi connectivity index (χ3v) is 5.43. The van der Waals surface area contributed by atoms with E-state index in [0.717, 1.165) is 0 Å². The molecule has 0 heterocycles. The third kappa shape index (κ3) is 8.68. The van der Waals surface area contributed by atoms with E-state index >= 15 is 0 Å². The number of esters is 1. The monoisotopic (exact) mass is 520 g/mol. The summed E-state index contributed by atoms with van der Waals surface area (Å²) in [6.45, 7) is 5.83. The first-order valence-corrected chi connectivity index (χ1v) is 11.0. The number of halogens is 7. The van der Waals surface area contributed by atoms with Crippen molar-refractivity contribution in [1.29, 1.82) is 0 Å². The molecule has 0 aliphatic carbocycles. The minimum absolute atomic E-state index is 0.293. The lowest BCUT2D eigenvalue weighted by atomic mass is 9.91. The number of ether oxygens (including phenoxy) is 2. The van der Waals surface area contributed by atoms with Crippen molar-refractivity contribution in [3.05, 3.63) is 12.2 Å². The Morgan fingerprint density at radius 1 is 1.06 bits per heavy atom. The highest BCUT2D eigenvalue weighted by atomic mass is 32.2. The van der Waals surface area contributed by atoms with Crippen molar-refractivity contribution >= 4 is 16.1 Å². The maximum absolute atomic E-state index is 13.3. The van der Waals surface area contributed by atoms with Crippen LogP contribution in [0.15, 0.2) is 12.2 Å². The number of unbranched alkanes of at least 4 members (excludes halogenated alkanes) is 1. The lowest BCUT2D eigenvalue weighted by Crippen LogP contribution is -2.54. The van der Waals surface area contributed by atoms with Crippen LogP contribution < -0.4 is 0 Å². The Bertz CT molecular complexity index is 778. The van der Waals surface area contributed by atoms with Crippen LogP contribution in [0.2, 0.25) is 0 Å². The molecule has 0 aromatic carbocycles. The predicted molar refractivity (Wildman–Crippen MR) is 101 cm³/mol. The number of hydrogen-bond donors (Lipinski definition) is 2. The second-order valence-electron chi connectivity index (χ2n) is 7.98. The van der Waals surface area contributed by atoms with Crippen molar-refractivity contribution in [2.75, 3.05) is 13.2 Å². The van der Waals surface area contributed by atoms with Gasteiger partial charge in [-0.25, -0.2) is 4.79 Å². The summed E-state index contributed by atoms with van der Waals surface area (Å²) in [6.07, 6.45) is -9.92. The normalized spacial score (nSPS) is 16.4. The molecule has 0 aliphatic rings. The molecule has 0 aliphatic heterocycles. The molecule has 0 saturated carbocycles. The molecule has 2 N–H and O–H groups in total. The van der Waals surface area contributed by atoms with Gasteiger partial charge in [0.15, 0.2) is 5.60 Å². The molecule has 0 fully saturated rings. The topological polar surface area (TPSA) is 110 Å². The van der Waals surface area contributed by atoms with Gasteiger partial charge in [0.1, 0.15) is 6.10 Å². The molecular formula is C18H27F7O7S. The number of aliphatic hydroxyl groups is 1. The fraction of sp³-hybridized carbons (Fsp3) is 0.833. The van der Waals surface area contributed by atoms with Gasteiger partial charge in [0, 0.05) is 13.0 Å². The number of rotatable bonds is 14. The van der Waals surface area contributed by atoms with Gasteiger partial charge in [0.25, 0.3) is 0 Å². The molecule has 2 unspecified atom stereocenters. The van der Waals surface area contributed by atoms with Gasteiger partial charge in [0.05, 0.1) is 12.2 Å². The van der Waals surface area contributed by atoms with Crippen LogP contribution >= 0.6 is 0 Å². The van der Waals surface area contributed by atoms with Gasteiger partial charge >= 0.3 is 33.4 Å². The van der Waals surface area contributed by atoms with E-state index in [4.69, 9.17) is 14.0 Å². The minimum atomic E-state index is -6.33. The molecule has 0 saturated heterocycles. The Balaban J connectivity index is 4.69. The van der Waals surface area contributed by atoms with Gasteiger partial charge in [-0.05, 0) is 32.1 Å². The largest absolute Gasteiger partial charge is 0.456 e. The van der Waals surface area contributed by atoms with Crippen molar-refractivity contribution in [1.82, 2.24) is 0 Å². The number of alkyl halides is 7. The summed E-state index contributed by atoms with van der Waals surface area (Å²) in [5.74, 6) is -6.73. The van der Waals surface area contributed by atoms with Gasteiger partial charge in [-0.3, -0.25) is 4.55 Å². The molecule has 0 spiro atoms.